The van der Waals surface area contributed by atoms with Crippen LogP contribution in [-0.2, 0) is 9.53 Å². The number of rotatable bonds is 4. The molecule has 0 bridgehead atoms. The standard InChI is InChI=1S/C14H18N2O4/c1-16(2)11-10(8-5-7-20-13(8)11)15-14(18)12(17)9-4-3-6-19-9/h3-4,6,8,10-11,13H,5,7H2,1-2H3,(H,15,18)/t8-,10+,11-,13-/m1/s1. The largest absolute Gasteiger partial charge is 0.461 e. The van der Waals surface area contributed by atoms with Gasteiger partial charge in [0.25, 0.3) is 11.7 Å². The SMILES string of the molecule is CN(C)[C@@H]1[C@@H](NC(=O)C(=O)c2ccco2)[C@H]2CCO[C@H]21. The van der Waals surface area contributed by atoms with Crippen molar-refractivity contribution in [3.05, 3.63) is 24.2 Å². The van der Waals surface area contributed by atoms with Gasteiger partial charge in [0.1, 0.15) is 0 Å². The highest BCUT2D eigenvalue weighted by molar-refractivity contribution is 6.42. The molecule has 1 aliphatic carbocycles. The van der Waals surface area contributed by atoms with E-state index in [4.69, 9.17) is 9.15 Å². The second-order valence-corrected chi connectivity index (χ2v) is 5.55. The third kappa shape index (κ3) is 2.05. The summed E-state index contributed by atoms with van der Waals surface area (Å²) in [5, 5.41) is 2.84. The molecule has 6 nitrogen and oxygen atoms in total. The van der Waals surface area contributed by atoms with Gasteiger partial charge in [0.15, 0.2) is 5.76 Å². The number of amides is 1. The van der Waals surface area contributed by atoms with Gasteiger partial charge in [-0.05, 0) is 32.6 Å². The molecule has 1 aromatic heterocycles. The van der Waals surface area contributed by atoms with Crippen LogP contribution in [-0.4, -0.2) is 55.5 Å². The molecule has 0 radical (unpaired) electrons. The monoisotopic (exact) mass is 278 g/mol. The highest BCUT2D eigenvalue weighted by atomic mass is 16.5. The van der Waals surface area contributed by atoms with Crippen LogP contribution >= 0.6 is 0 Å². The highest BCUT2D eigenvalue weighted by Gasteiger charge is 2.55. The molecule has 1 saturated carbocycles. The Morgan fingerprint density at radius 2 is 2.20 bits per heavy atom. The average molecular weight is 278 g/mol. The zero-order chi connectivity index (χ0) is 14.3. The molecule has 4 atom stereocenters. The van der Waals surface area contributed by atoms with Crippen LogP contribution in [0.4, 0.5) is 0 Å². The quantitative estimate of drug-likeness (QED) is 0.633. The van der Waals surface area contributed by atoms with Crippen LogP contribution in [0.3, 0.4) is 0 Å². The summed E-state index contributed by atoms with van der Waals surface area (Å²) in [6.45, 7) is 0.720. The number of nitrogens with zero attached hydrogens (tertiary/aromatic N) is 1. The number of ether oxygens (including phenoxy) is 1. The lowest BCUT2D eigenvalue weighted by Crippen LogP contribution is -2.70. The average Bonchev–Trinajstić information content (AvgIpc) is 3.03. The molecule has 1 amide bonds. The van der Waals surface area contributed by atoms with Gasteiger partial charge < -0.3 is 19.4 Å². The molecular formula is C14H18N2O4. The van der Waals surface area contributed by atoms with Gasteiger partial charge in [0, 0.05) is 12.5 Å². The van der Waals surface area contributed by atoms with Crippen molar-refractivity contribution in [2.45, 2.75) is 24.6 Å². The Labute approximate surface area is 117 Å². The summed E-state index contributed by atoms with van der Waals surface area (Å²) in [7, 11) is 3.91. The number of fused-ring (bicyclic) bond motifs is 1. The first kappa shape index (κ1) is 13.3. The Morgan fingerprint density at radius 3 is 2.85 bits per heavy atom. The Hall–Kier alpha value is -1.66. The second kappa shape index (κ2) is 5.03. The maximum Gasteiger partial charge on any atom is 0.296 e. The van der Waals surface area contributed by atoms with Crippen molar-refractivity contribution in [3.8, 4) is 0 Å². The van der Waals surface area contributed by atoms with Crippen molar-refractivity contribution in [1.29, 1.82) is 0 Å². The minimum absolute atomic E-state index is 0.0380. The maximum atomic E-state index is 12.0. The van der Waals surface area contributed by atoms with Crippen molar-refractivity contribution < 1.29 is 18.7 Å². The Kier molecular flexibility index (Phi) is 3.35. The number of Topliss-reactive ketones (excluding diaryl/α,β-unsaturated/α-hetero) is 1. The molecule has 1 N–H and O–H groups in total. The van der Waals surface area contributed by atoms with E-state index in [2.05, 4.69) is 5.32 Å². The molecule has 2 fully saturated rings. The first-order chi connectivity index (χ1) is 9.59. The maximum absolute atomic E-state index is 12.0. The highest BCUT2D eigenvalue weighted by Crippen LogP contribution is 2.41. The molecule has 0 unspecified atom stereocenters. The summed E-state index contributed by atoms with van der Waals surface area (Å²) in [5.41, 5.74) is 0. The van der Waals surface area contributed by atoms with Crippen LogP contribution in [0.1, 0.15) is 17.0 Å². The summed E-state index contributed by atoms with van der Waals surface area (Å²) in [5.74, 6) is -0.866. The molecule has 1 aliphatic heterocycles. The van der Waals surface area contributed by atoms with E-state index in [1.165, 1.54) is 12.3 Å². The Balaban J connectivity index is 1.68. The molecule has 2 heterocycles. The number of carbonyl (C=O) groups excluding carboxylic acids is 2. The normalized spacial score (nSPS) is 31.8. The van der Waals surface area contributed by atoms with E-state index in [1.54, 1.807) is 6.07 Å². The molecule has 0 spiro atoms. The van der Waals surface area contributed by atoms with Crippen LogP contribution < -0.4 is 5.32 Å². The minimum Gasteiger partial charge on any atom is -0.461 e. The van der Waals surface area contributed by atoms with Crippen molar-refractivity contribution in [2.75, 3.05) is 20.7 Å². The first-order valence-electron chi connectivity index (χ1n) is 6.76. The number of ketones is 1. The van der Waals surface area contributed by atoms with E-state index in [9.17, 15) is 9.59 Å². The zero-order valence-electron chi connectivity index (χ0n) is 11.5. The van der Waals surface area contributed by atoms with E-state index in [-0.39, 0.29) is 23.9 Å². The van der Waals surface area contributed by atoms with Crippen molar-refractivity contribution >= 4 is 11.7 Å². The van der Waals surface area contributed by atoms with Gasteiger partial charge in [-0.25, -0.2) is 0 Å². The molecular weight excluding hydrogens is 260 g/mol. The topological polar surface area (TPSA) is 71.8 Å². The smallest absolute Gasteiger partial charge is 0.296 e. The lowest BCUT2D eigenvalue weighted by Gasteiger charge is -2.50. The summed E-state index contributed by atoms with van der Waals surface area (Å²) in [6.07, 6.45) is 2.47. The van der Waals surface area contributed by atoms with Crippen molar-refractivity contribution in [3.63, 3.8) is 0 Å². The van der Waals surface area contributed by atoms with Crippen LogP contribution in [0.15, 0.2) is 22.8 Å². The fraction of sp³-hybridized carbons (Fsp3) is 0.571. The summed E-state index contributed by atoms with van der Waals surface area (Å²) < 4.78 is 10.6. The summed E-state index contributed by atoms with van der Waals surface area (Å²) in [4.78, 5) is 26.0. The Morgan fingerprint density at radius 1 is 1.40 bits per heavy atom. The van der Waals surface area contributed by atoms with Crippen molar-refractivity contribution in [1.82, 2.24) is 10.2 Å². The minimum atomic E-state index is -0.630. The fourth-order valence-electron chi connectivity index (χ4n) is 3.22. The van der Waals surface area contributed by atoms with Crippen molar-refractivity contribution in [2.24, 2.45) is 5.92 Å². The predicted octanol–water partition coefficient (Wildman–Crippen LogP) is 0.296. The van der Waals surface area contributed by atoms with Crippen LogP contribution in [0.25, 0.3) is 0 Å². The van der Waals surface area contributed by atoms with Gasteiger partial charge >= 0.3 is 0 Å². The molecule has 0 aromatic carbocycles. The first-order valence-corrected chi connectivity index (χ1v) is 6.76. The second-order valence-electron chi connectivity index (χ2n) is 5.55. The van der Waals surface area contributed by atoms with Crippen LogP contribution in [0, 0.1) is 5.92 Å². The number of furan rings is 1. The van der Waals surface area contributed by atoms with E-state index in [0.29, 0.717) is 5.92 Å². The Bertz CT molecular complexity index is 511. The van der Waals surface area contributed by atoms with E-state index in [1.807, 2.05) is 19.0 Å². The zero-order valence-corrected chi connectivity index (χ0v) is 11.5. The molecule has 6 heteroatoms. The van der Waals surface area contributed by atoms with Gasteiger partial charge in [-0.15, -0.1) is 0 Å². The number of nitrogens with one attached hydrogen (secondary N) is 1. The van der Waals surface area contributed by atoms with E-state index < -0.39 is 11.7 Å². The molecule has 1 saturated heterocycles. The van der Waals surface area contributed by atoms with Crippen LogP contribution in [0.2, 0.25) is 0 Å². The molecule has 1 aromatic rings. The van der Waals surface area contributed by atoms with Gasteiger partial charge in [-0.1, -0.05) is 0 Å². The van der Waals surface area contributed by atoms with Gasteiger partial charge in [-0.2, -0.15) is 0 Å². The number of hydrogen-bond donors (Lipinski definition) is 1. The van der Waals surface area contributed by atoms with Crippen LogP contribution in [0.5, 0.6) is 0 Å². The lowest BCUT2D eigenvalue weighted by atomic mass is 9.71. The molecule has 20 heavy (non-hydrogen) atoms. The number of likely N-dealkylation sites (N-methyl/N-ethyl adjacent to an activating group) is 1. The third-order valence-corrected chi connectivity index (χ3v) is 4.19. The molecule has 2 aliphatic rings. The fourth-order valence-corrected chi connectivity index (χ4v) is 3.22. The third-order valence-electron chi connectivity index (χ3n) is 4.19. The predicted molar refractivity (Wildman–Crippen MR) is 70.3 cm³/mol. The molecule has 108 valence electrons. The number of carbonyl (C=O) groups is 2. The number of hydrogen-bond acceptors (Lipinski definition) is 5. The van der Waals surface area contributed by atoms with Gasteiger partial charge in [-0.3, -0.25) is 9.59 Å². The van der Waals surface area contributed by atoms with Gasteiger partial charge in [0.2, 0.25) is 0 Å². The van der Waals surface area contributed by atoms with E-state index in [0.717, 1.165) is 13.0 Å². The summed E-state index contributed by atoms with van der Waals surface area (Å²) >= 11 is 0. The molecule has 3 rings (SSSR count). The van der Waals surface area contributed by atoms with Gasteiger partial charge in [0.05, 0.1) is 24.5 Å². The summed E-state index contributed by atoms with van der Waals surface area (Å²) in [6, 6.07) is 3.17. The lowest BCUT2D eigenvalue weighted by molar-refractivity contribution is -0.124. The van der Waals surface area contributed by atoms with E-state index >= 15 is 0 Å².